The van der Waals surface area contributed by atoms with Gasteiger partial charge in [-0.1, -0.05) is 34.8 Å². The molecule has 1 aromatic rings. The lowest BCUT2D eigenvalue weighted by molar-refractivity contribution is 0.604. The van der Waals surface area contributed by atoms with E-state index in [1.54, 1.807) is 0 Å². The fraction of sp³-hybridized carbons (Fsp3) is 0. The second kappa shape index (κ2) is 4.53. The SMILES string of the molecule is O=S(=O)(C=CCl)c1cc(Cl)ccc1Cl. The Kier molecular flexibility index (Phi) is 3.84. The first-order chi connectivity index (χ1) is 6.47. The Morgan fingerprint density at radius 3 is 2.43 bits per heavy atom. The number of rotatable bonds is 2. The third-order valence-electron chi connectivity index (χ3n) is 1.43. The highest BCUT2D eigenvalue weighted by Gasteiger charge is 2.14. The molecule has 0 unspecified atom stereocenters. The maximum Gasteiger partial charge on any atom is 0.202 e. The molecule has 2 nitrogen and oxygen atoms in total. The summed E-state index contributed by atoms with van der Waals surface area (Å²) in [5.41, 5.74) is 0.909. The molecular weight excluding hydrogens is 267 g/mol. The minimum Gasteiger partial charge on any atom is -0.219 e. The van der Waals surface area contributed by atoms with Crippen LogP contribution in [0, 0.1) is 0 Å². The smallest absolute Gasteiger partial charge is 0.202 e. The van der Waals surface area contributed by atoms with Gasteiger partial charge in [-0.25, -0.2) is 8.42 Å². The van der Waals surface area contributed by atoms with Crippen LogP contribution in [0.25, 0.3) is 0 Å². The van der Waals surface area contributed by atoms with E-state index in [-0.39, 0.29) is 9.92 Å². The number of hydrogen-bond acceptors (Lipinski definition) is 2. The molecule has 14 heavy (non-hydrogen) atoms. The minimum absolute atomic E-state index is 0.0523. The average molecular weight is 272 g/mol. The quantitative estimate of drug-likeness (QED) is 0.825. The van der Waals surface area contributed by atoms with Crippen molar-refractivity contribution >= 4 is 44.6 Å². The molecule has 0 radical (unpaired) electrons. The van der Waals surface area contributed by atoms with E-state index >= 15 is 0 Å². The van der Waals surface area contributed by atoms with Crippen LogP contribution in [0.3, 0.4) is 0 Å². The summed E-state index contributed by atoms with van der Waals surface area (Å²) < 4.78 is 23.0. The average Bonchev–Trinajstić information content (AvgIpc) is 2.09. The molecule has 0 aromatic heterocycles. The van der Waals surface area contributed by atoms with Crippen LogP contribution < -0.4 is 0 Å². The van der Waals surface area contributed by atoms with Crippen LogP contribution in [-0.4, -0.2) is 8.42 Å². The van der Waals surface area contributed by atoms with Crippen molar-refractivity contribution in [3.05, 3.63) is 39.2 Å². The zero-order chi connectivity index (χ0) is 10.8. The third-order valence-corrected chi connectivity index (χ3v) is 3.83. The van der Waals surface area contributed by atoms with E-state index in [0.29, 0.717) is 5.02 Å². The van der Waals surface area contributed by atoms with Gasteiger partial charge in [0.1, 0.15) is 0 Å². The molecule has 0 aliphatic carbocycles. The highest BCUT2D eigenvalue weighted by atomic mass is 35.5. The van der Waals surface area contributed by atoms with E-state index < -0.39 is 9.84 Å². The van der Waals surface area contributed by atoms with Crippen LogP contribution >= 0.6 is 34.8 Å². The summed E-state index contributed by atoms with van der Waals surface area (Å²) in [6.45, 7) is 0. The third kappa shape index (κ3) is 2.64. The highest BCUT2D eigenvalue weighted by molar-refractivity contribution is 7.94. The number of benzene rings is 1. The first-order valence-corrected chi connectivity index (χ1v) is 6.18. The van der Waals surface area contributed by atoms with Crippen LogP contribution in [-0.2, 0) is 9.84 Å². The van der Waals surface area contributed by atoms with Gasteiger partial charge in [0.2, 0.25) is 9.84 Å². The van der Waals surface area contributed by atoms with E-state index in [2.05, 4.69) is 0 Å². The number of sulfone groups is 1. The lowest BCUT2D eigenvalue weighted by Crippen LogP contribution is -1.96. The maximum absolute atomic E-state index is 11.5. The fourth-order valence-electron chi connectivity index (χ4n) is 0.836. The second-order valence-corrected chi connectivity index (χ2v) is 5.28. The van der Waals surface area contributed by atoms with Crippen LogP contribution in [0.5, 0.6) is 0 Å². The molecule has 76 valence electrons. The number of hydrogen-bond donors (Lipinski definition) is 0. The summed E-state index contributed by atoms with van der Waals surface area (Å²) in [4.78, 5) is -0.0523. The van der Waals surface area contributed by atoms with Crippen LogP contribution in [0.2, 0.25) is 10.0 Å². The molecule has 0 bridgehead atoms. The molecule has 1 aromatic carbocycles. The first kappa shape index (κ1) is 11.9. The van der Waals surface area contributed by atoms with E-state index in [4.69, 9.17) is 34.8 Å². The van der Waals surface area contributed by atoms with Gasteiger partial charge in [-0.05, 0) is 18.2 Å². The molecule has 0 saturated heterocycles. The Balaban J connectivity index is 3.39. The van der Waals surface area contributed by atoms with Gasteiger partial charge in [-0.15, -0.1) is 0 Å². The predicted molar refractivity (Wildman–Crippen MR) is 58.6 cm³/mol. The summed E-state index contributed by atoms with van der Waals surface area (Å²) in [6.07, 6.45) is 0. The Morgan fingerprint density at radius 1 is 1.21 bits per heavy atom. The van der Waals surface area contributed by atoms with Gasteiger partial charge in [0, 0.05) is 16.0 Å². The Bertz CT molecular complexity index is 465. The monoisotopic (exact) mass is 270 g/mol. The Labute approximate surface area is 97.0 Å². The van der Waals surface area contributed by atoms with Gasteiger partial charge >= 0.3 is 0 Å². The van der Waals surface area contributed by atoms with Crippen molar-refractivity contribution in [2.45, 2.75) is 4.90 Å². The van der Waals surface area contributed by atoms with Gasteiger partial charge in [0.15, 0.2) is 0 Å². The van der Waals surface area contributed by atoms with Gasteiger partial charge in [-0.3, -0.25) is 0 Å². The van der Waals surface area contributed by atoms with Crippen molar-refractivity contribution in [1.29, 1.82) is 0 Å². The molecule has 0 N–H and O–H groups in total. The van der Waals surface area contributed by atoms with E-state index in [0.717, 1.165) is 10.9 Å². The standard InChI is InChI=1S/C8H5Cl3O2S/c9-3-4-14(12,13)8-5-6(10)1-2-7(8)11/h1-5H. The van der Waals surface area contributed by atoms with E-state index in [1.807, 2.05) is 0 Å². The Morgan fingerprint density at radius 2 is 1.86 bits per heavy atom. The summed E-state index contributed by atoms with van der Waals surface area (Å²) >= 11 is 16.5. The fourth-order valence-corrected chi connectivity index (χ4v) is 2.83. The molecule has 0 fully saturated rings. The van der Waals surface area contributed by atoms with Crippen LogP contribution in [0.4, 0.5) is 0 Å². The zero-order valence-corrected chi connectivity index (χ0v) is 9.83. The first-order valence-electron chi connectivity index (χ1n) is 3.44. The second-order valence-electron chi connectivity index (χ2n) is 2.38. The molecule has 6 heteroatoms. The topological polar surface area (TPSA) is 34.1 Å². The number of halogens is 3. The van der Waals surface area contributed by atoms with Crippen molar-refractivity contribution < 1.29 is 8.42 Å². The lowest BCUT2D eigenvalue weighted by Gasteiger charge is -2.01. The summed E-state index contributed by atoms with van der Waals surface area (Å²) in [5, 5.41) is 1.27. The summed E-state index contributed by atoms with van der Waals surface area (Å²) in [5.74, 6) is 0. The minimum atomic E-state index is -3.59. The van der Waals surface area contributed by atoms with Gasteiger partial charge < -0.3 is 0 Å². The molecule has 0 amide bonds. The molecule has 1 rings (SSSR count). The molecule has 0 aliphatic rings. The Hall–Kier alpha value is -0.220. The normalized spacial score (nSPS) is 12.2. The van der Waals surface area contributed by atoms with Crippen molar-refractivity contribution in [3.63, 3.8) is 0 Å². The molecule has 0 aliphatic heterocycles. The van der Waals surface area contributed by atoms with Crippen molar-refractivity contribution in [2.75, 3.05) is 0 Å². The van der Waals surface area contributed by atoms with Crippen molar-refractivity contribution in [3.8, 4) is 0 Å². The molecular formula is C8H5Cl3O2S. The molecule has 0 saturated carbocycles. The van der Waals surface area contributed by atoms with E-state index in [9.17, 15) is 8.42 Å². The molecule has 0 spiro atoms. The van der Waals surface area contributed by atoms with E-state index in [1.165, 1.54) is 18.2 Å². The summed E-state index contributed by atoms with van der Waals surface area (Å²) in [7, 11) is -3.59. The zero-order valence-electron chi connectivity index (χ0n) is 6.75. The predicted octanol–water partition coefficient (Wildman–Crippen LogP) is 3.48. The van der Waals surface area contributed by atoms with Gasteiger partial charge in [0.25, 0.3) is 0 Å². The van der Waals surface area contributed by atoms with Crippen LogP contribution in [0.1, 0.15) is 0 Å². The molecule has 0 heterocycles. The lowest BCUT2D eigenvalue weighted by atomic mass is 10.4. The molecule has 0 atom stereocenters. The highest BCUT2D eigenvalue weighted by Crippen LogP contribution is 2.26. The largest absolute Gasteiger partial charge is 0.219 e. The van der Waals surface area contributed by atoms with Crippen molar-refractivity contribution in [2.24, 2.45) is 0 Å². The van der Waals surface area contributed by atoms with Gasteiger partial charge in [-0.2, -0.15) is 0 Å². The van der Waals surface area contributed by atoms with Crippen LogP contribution in [0.15, 0.2) is 34.0 Å². The van der Waals surface area contributed by atoms with Crippen molar-refractivity contribution in [1.82, 2.24) is 0 Å². The summed E-state index contributed by atoms with van der Waals surface area (Å²) in [6, 6.07) is 4.20. The van der Waals surface area contributed by atoms with Gasteiger partial charge in [0.05, 0.1) is 9.92 Å². The maximum atomic E-state index is 11.5.